The average molecular weight is 318 g/mol. The Morgan fingerprint density at radius 3 is 2.57 bits per heavy atom. The van der Waals surface area contributed by atoms with Crippen LogP contribution in [0.15, 0.2) is 18.6 Å². The highest BCUT2D eigenvalue weighted by Gasteiger charge is 2.19. The van der Waals surface area contributed by atoms with Crippen molar-refractivity contribution >= 4 is 17.5 Å². The van der Waals surface area contributed by atoms with E-state index < -0.39 is 0 Å². The number of hydrogen-bond donors (Lipinski definition) is 2. The second-order valence-electron chi connectivity index (χ2n) is 5.71. The molecule has 0 radical (unpaired) electrons. The number of hydrogen-bond acceptors (Lipinski definition) is 4. The number of carbonyl (C=O) groups is 2. The van der Waals surface area contributed by atoms with E-state index in [0.29, 0.717) is 30.3 Å². The van der Waals surface area contributed by atoms with E-state index >= 15 is 0 Å². The Bertz CT molecular complexity index is 701. The van der Waals surface area contributed by atoms with Crippen LogP contribution in [0.5, 0.6) is 0 Å². The monoisotopic (exact) mass is 318 g/mol. The Hall–Kier alpha value is -2.64. The molecule has 23 heavy (non-hydrogen) atoms. The van der Waals surface area contributed by atoms with Gasteiger partial charge in [-0.05, 0) is 12.8 Å². The summed E-state index contributed by atoms with van der Waals surface area (Å²) in [5.41, 5.74) is 1.02. The van der Waals surface area contributed by atoms with Crippen LogP contribution in [0.3, 0.4) is 0 Å². The third-order valence-electron chi connectivity index (χ3n) is 3.19. The lowest BCUT2D eigenvalue weighted by Crippen LogP contribution is -2.28. The zero-order valence-electron chi connectivity index (χ0n) is 13.8. The van der Waals surface area contributed by atoms with Gasteiger partial charge in [0.05, 0.1) is 17.4 Å². The third-order valence-corrected chi connectivity index (χ3v) is 3.19. The fourth-order valence-corrected chi connectivity index (χ4v) is 1.96. The first kappa shape index (κ1) is 16.7. The fourth-order valence-electron chi connectivity index (χ4n) is 1.96. The molecule has 0 unspecified atom stereocenters. The van der Waals surface area contributed by atoms with Gasteiger partial charge in [-0.2, -0.15) is 10.2 Å². The molecule has 0 saturated heterocycles. The lowest BCUT2D eigenvalue weighted by atomic mass is 10.2. The van der Waals surface area contributed by atoms with Gasteiger partial charge in [-0.3, -0.25) is 19.0 Å². The molecule has 2 N–H and O–H groups in total. The maximum absolute atomic E-state index is 12.3. The first-order valence-electron chi connectivity index (χ1n) is 7.56. The molecule has 2 aromatic heterocycles. The molecule has 2 amide bonds. The van der Waals surface area contributed by atoms with E-state index in [2.05, 4.69) is 20.8 Å². The summed E-state index contributed by atoms with van der Waals surface area (Å²) >= 11 is 0. The number of rotatable bonds is 6. The molecule has 0 fully saturated rings. The van der Waals surface area contributed by atoms with Crippen molar-refractivity contribution in [3.8, 4) is 0 Å². The number of nitrogens with zero attached hydrogens (tertiary/aromatic N) is 4. The normalized spacial score (nSPS) is 10.8. The molecule has 0 atom stereocenters. The van der Waals surface area contributed by atoms with Crippen LogP contribution in [0.25, 0.3) is 0 Å². The molecule has 8 nitrogen and oxygen atoms in total. The quantitative estimate of drug-likeness (QED) is 0.839. The van der Waals surface area contributed by atoms with E-state index in [-0.39, 0.29) is 17.5 Å². The van der Waals surface area contributed by atoms with Gasteiger partial charge in [-0.15, -0.1) is 0 Å². The number of nitrogens with one attached hydrogen (secondary N) is 2. The number of amides is 2. The minimum atomic E-state index is -0.327. The van der Waals surface area contributed by atoms with Crippen LogP contribution in [0.2, 0.25) is 0 Å². The van der Waals surface area contributed by atoms with Crippen LogP contribution in [0.4, 0.5) is 5.69 Å². The molecule has 124 valence electrons. The zero-order chi connectivity index (χ0) is 17.0. The largest absolute Gasteiger partial charge is 0.350 e. The highest BCUT2D eigenvalue weighted by molar-refractivity contribution is 6.08. The average Bonchev–Trinajstić information content (AvgIpc) is 3.11. The Morgan fingerprint density at radius 2 is 2.00 bits per heavy atom. The van der Waals surface area contributed by atoms with Gasteiger partial charge >= 0.3 is 0 Å². The van der Waals surface area contributed by atoms with E-state index in [4.69, 9.17) is 0 Å². The van der Waals surface area contributed by atoms with E-state index in [1.165, 1.54) is 6.20 Å². The van der Waals surface area contributed by atoms with Crippen molar-refractivity contribution < 1.29 is 9.59 Å². The molecular formula is C15H22N6O2. The van der Waals surface area contributed by atoms with Crippen molar-refractivity contribution in [3.63, 3.8) is 0 Å². The molecule has 0 aliphatic heterocycles. The van der Waals surface area contributed by atoms with Crippen molar-refractivity contribution in [1.29, 1.82) is 0 Å². The first-order chi connectivity index (χ1) is 10.9. The second-order valence-corrected chi connectivity index (χ2v) is 5.71. The van der Waals surface area contributed by atoms with E-state index in [9.17, 15) is 9.59 Å². The number of anilines is 1. The molecule has 0 aromatic carbocycles. The molecule has 0 aliphatic carbocycles. The number of carbonyl (C=O) groups excluding carboxylic acids is 2. The second kappa shape index (κ2) is 7.08. The van der Waals surface area contributed by atoms with Gasteiger partial charge in [0.2, 0.25) is 0 Å². The maximum Gasteiger partial charge on any atom is 0.273 e. The highest BCUT2D eigenvalue weighted by atomic mass is 16.2. The molecule has 2 heterocycles. The summed E-state index contributed by atoms with van der Waals surface area (Å²) in [5.74, 6) is -0.292. The minimum absolute atomic E-state index is 0.213. The van der Waals surface area contributed by atoms with Gasteiger partial charge in [0.1, 0.15) is 0 Å². The molecule has 0 saturated carbocycles. The third kappa shape index (κ3) is 4.18. The predicted molar refractivity (Wildman–Crippen MR) is 86.2 cm³/mol. The van der Waals surface area contributed by atoms with Crippen LogP contribution in [0, 0.1) is 5.92 Å². The number of aromatic nitrogens is 4. The first-order valence-corrected chi connectivity index (χ1v) is 7.56. The Labute approximate surface area is 134 Å². The van der Waals surface area contributed by atoms with Gasteiger partial charge in [-0.25, -0.2) is 0 Å². The number of aryl methyl sites for hydroxylation is 2. The summed E-state index contributed by atoms with van der Waals surface area (Å²) in [4.78, 5) is 24.5. The van der Waals surface area contributed by atoms with Crippen molar-refractivity contribution in [2.24, 2.45) is 13.0 Å². The van der Waals surface area contributed by atoms with Gasteiger partial charge in [0, 0.05) is 32.5 Å². The van der Waals surface area contributed by atoms with Crippen LogP contribution in [0.1, 0.15) is 41.6 Å². The summed E-state index contributed by atoms with van der Waals surface area (Å²) in [6.45, 7) is 7.09. The highest BCUT2D eigenvalue weighted by Crippen LogP contribution is 2.15. The maximum atomic E-state index is 12.3. The van der Waals surface area contributed by atoms with Crippen LogP contribution < -0.4 is 10.6 Å². The molecule has 0 aliphatic rings. The van der Waals surface area contributed by atoms with Crippen molar-refractivity contribution in [1.82, 2.24) is 24.9 Å². The summed E-state index contributed by atoms with van der Waals surface area (Å²) in [5, 5.41) is 13.7. The zero-order valence-corrected chi connectivity index (χ0v) is 13.8. The minimum Gasteiger partial charge on any atom is -0.350 e. The topological polar surface area (TPSA) is 93.8 Å². The van der Waals surface area contributed by atoms with E-state index in [1.807, 2.05) is 20.8 Å². The van der Waals surface area contributed by atoms with Gasteiger partial charge < -0.3 is 10.6 Å². The molecule has 2 aromatic rings. The van der Waals surface area contributed by atoms with Crippen molar-refractivity contribution in [3.05, 3.63) is 29.8 Å². The Morgan fingerprint density at radius 1 is 1.26 bits per heavy atom. The molecular weight excluding hydrogens is 296 g/mol. The standard InChI is InChI=1S/C15H22N6O2/c1-5-21-9-12(13(19-21)15(23)16-6-10(2)3)18-14(22)11-7-17-20(4)8-11/h7-10H,5-6H2,1-4H3,(H,16,23)(H,18,22). The Kier molecular flexibility index (Phi) is 5.15. The van der Waals surface area contributed by atoms with Gasteiger partial charge in [0.15, 0.2) is 5.69 Å². The van der Waals surface area contributed by atoms with E-state index in [1.54, 1.807) is 28.8 Å². The van der Waals surface area contributed by atoms with Crippen LogP contribution in [-0.2, 0) is 13.6 Å². The van der Waals surface area contributed by atoms with Gasteiger partial charge in [-0.1, -0.05) is 13.8 Å². The molecule has 0 spiro atoms. The van der Waals surface area contributed by atoms with Crippen molar-refractivity contribution in [2.45, 2.75) is 27.3 Å². The molecule has 2 rings (SSSR count). The van der Waals surface area contributed by atoms with Gasteiger partial charge in [0.25, 0.3) is 11.8 Å². The lowest BCUT2D eigenvalue weighted by Gasteiger charge is -2.07. The van der Waals surface area contributed by atoms with E-state index in [0.717, 1.165) is 0 Å². The molecule has 0 bridgehead atoms. The van der Waals surface area contributed by atoms with Crippen molar-refractivity contribution in [2.75, 3.05) is 11.9 Å². The van der Waals surface area contributed by atoms with Crippen LogP contribution in [-0.4, -0.2) is 37.9 Å². The smallest absolute Gasteiger partial charge is 0.273 e. The summed E-state index contributed by atoms with van der Waals surface area (Å²) < 4.78 is 3.16. The summed E-state index contributed by atoms with van der Waals surface area (Å²) in [7, 11) is 1.73. The van der Waals surface area contributed by atoms with Crippen LogP contribution >= 0.6 is 0 Å². The molecule has 8 heteroatoms. The fraction of sp³-hybridized carbons (Fsp3) is 0.467. The Balaban J connectivity index is 2.18. The SMILES string of the molecule is CCn1cc(NC(=O)c2cnn(C)c2)c(C(=O)NCC(C)C)n1. The predicted octanol–water partition coefficient (Wildman–Crippen LogP) is 1.27. The summed E-state index contributed by atoms with van der Waals surface area (Å²) in [6.07, 6.45) is 4.73. The lowest BCUT2D eigenvalue weighted by molar-refractivity contribution is 0.0944. The summed E-state index contributed by atoms with van der Waals surface area (Å²) in [6, 6.07) is 0.